The molecular formula is C6H12O3S. The minimum Gasteiger partial charge on any atom is -0.395 e. The molecule has 0 saturated carbocycles. The summed E-state index contributed by atoms with van der Waals surface area (Å²) in [5.74, 6) is 0.534. The standard InChI is InChI=1S/C6H12O3S/c7-2-4-1-5(8)6(9)3-10-4/h4-9H,1-3H2/t4-,5-,6+/m1/s1. The number of aliphatic hydroxyl groups excluding tert-OH is 3. The molecule has 0 aromatic heterocycles. The van der Waals surface area contributed by atoms with E-state index >= 15 is 0 Å². The lowest BCUT2D eigenvalue weighted by Gasteiger charge is -2.28. The molecule has 4 heteroatoms. The fraction of sp³-hybridized carbons (Fsp3) is 1.00. The van der Waals surface area contributed by atoms with Gasteiger partial charge in [-0.05, 0) is 6.42 Å². The number of aliphatic hydroxyl groups is 3. The van der Waals surface area contributed by atoms with Crippen LogP contribution in [0.5, 0.6) is 0 Å². The van der Waals surface area contributed by atoms with Gasteiger partial charge < -0.3 is 15.3 Å². The molecule has 60 valence electrons. The highest BCUT2D eigenvalue weighted by atomic mass is 32.2. The highest BCUT2D eigenvalue weighted by molar-refractivity contribution is 8.00. The lowest BCUT2D eigenvalue weighted by molar-refractivity contribution is 0.0216. The minimum atomic E-state index is -0.640. The van der Waals surface area contributed by atoms with Crippen LogP contribution in [0.3, 0.4) is 0 Å². The van der Waals surface area contributed by atoms with Gasteiger partial charge in [-0.1, -0.05) is 0 Å². The summed E-state index contributed by atoms with van der Waals surface area (Å²) >= 11 is 1.52. The van der Waals surface area contributed by atoms with Crippen LogP contribution in [0.2, 0.25) is 0 Å². The Hall–Kier alpha value is 0.230. The van der Waals surface area contributed by atoms with Crippen LogP contribution in [0.25, 0.3) is 0 Å². The van der Waals surface area contributed by atoms with Gasteiger partial charge in [-0.2, -0.15) is 11.8 Å². The van der Waals surface area contributed by atoms with Crippen molar-refractivity contribution in [1.82, 2.24) is 0 Å². The van der Waals surface area contributed by atoms with E-state index in [9.17, 15) is 0 Å². The molecule has 1 aliphatic heterocycles. The Labute approximate surface area is 64.1 Å². The minimum absolute atomic E-state index is 0.0917. The zero-order valence-electron chi connectivity index (χ0n) is 5.60. The lowest BCUT2D eigenvalue weighted by Crippen LogP contribution is -2.37. The molecule has 0 bridgehead atoms. The van der Waals surface area contributed by atoms with E-state index in [0.717, 1.165) is 0 Å². The van der Waals surface area contributed by atoms with Crippen molar-refractivity contribution in [2.24, 2.45) is 0 Å². The summed E-state index contributed by atoms with van der Waals surface area (Å²) in [6.45, 7) is 0.0917. The van der Waals surface area contributed by atoms with Crippen molar-refractivity contribution < 1.29 is 15.3 Å². The Balaban J connectivity index is 2.33. The zero-order valence-corrected chi connectivity index (χ0v) is 6.42. The van der Waals surface area contributed by atoms with Crippen molar-refractivity contribution >= 4 is 11.8 Å². The molecule has 3 atom stereocenters. The third kappa shape index (κ3) is 1.85. The average molecular weight is 164 g/mol. The summed E-state index contributed by atoms with van der Waals surface area (Å²) in [7, 11) is 0. The first-order chi connectivity index (χ1) is 4.74. The van der Waals surface area contributed by atoms with Gasteiger partial charge in [0.15, 0.2) is 0 Å². The van der Waals surface area contributed by atoms with E-state index in [2.05, 4.69) is 0 Å². The van der Waals surface area contributed by atoms with Crippen LogP contribution in [0, 0.1) is 0 Å². The molecular weight excluding hydrogens is 152 g/mol. The van der Waals surface area contributed by atoms with Crippen LogP contribution >= 0.6 is 11.8 Å². The fourth-order valence-electron chi connectivity index (χ4n) is 0.967. The number of rotatable bonds is 1. The van der Waals surface area contributed by atoms with E-state index in [4.69, 9.17) is 15.3 Å². The van der Waals surface area contributed by atoms with Crippen LogP contribution in [0.15, 0.2) is 0 Å². The van der Waals surface area contributed by atoms with E-state index < -0.39 is 12.2 Å². The third-order valence-electron chi connectivity index (χ3n) is 1.65. The second-order valence-electron chi connectivity index (χ2n) is 2.51. The maximum atomic E-state index is 9.10. The lowest BCUT2D eigenvalue weighted by atomic mass is 10.1. The number of hydrogen-bond acceptors (Lipinski definition) is 4. The van der Waals surface area contributed by atoms with Gasteiger partial charge in [0, 0.05) is 11.0 Å². The summed E-state index contributed by atoms with van der Waals surface area (Å²) in [6, 6.07) is 0. The molecule has 1 rings (SSSR count). The Morgan fingerprint density at radius 3 is 2.50 bits per heavy atom. The SMILES string of the molecule is OC[C@H]1C[C@@H](O)[C@@H](O)CS1. The van der Waals surface area contributed by atoms with E-state index in [1.165, 1.54) is 11.8 Å². The molecule has 0 spiro atoms. The van der Waals surface area contributed by atoms with Gasteiger partial charge in [-0.3, -0.25) is 0 Å². The predicted molar refractivity (Wildman–Crippen MR) is 40.0 cm³/mol. The third-order valence-corrected chi connectivity index (χ3v) is 3.00. The van der Waals surface area contributed by atoms with Crippen LogP contribution in [-0.4, -0.2) is 45.1 Å². The quantitative estimate of drug-likeness (QED) is 0.475. The summed E-state index contributed by atoms with van der Waals surface area (Å²) in [5.41, 5.74) is 0. The van der Waals surface area contributed by atoms with E-state index in [1.54, 1.807) is 0 Å². The Bertz CT molecular complexity index is 109. The maximum absolute atomic E-state index is 9.10. The molecule has 3 nitrogen and oxygen atoms in total. The zero-order chi connectivity index (χ0) is 7.56. The van der Waals surface area contributed by atoms with Gasteiger partial charge in [0.05, 0.1) is 18.8 Å². The van der Waals surface area contributed by atoms with Crippen molar-refractivity contribution in [3.8, 4) is 0 Å². The first-order valence-corrected chi connectivity index (χ1v) is 4.37. The molecule has 10 heavy (non-hydrogen) atoms. The van der Waals surface area contributed by atoms with Crippen LogP contribution in [0.1, 0.15) is 6.42 Å². The first-order valence-electron chi connectivity index (χ1n) is 3.32. The summed E-state index contributed by atoms with van der Waals surface area (Å²) < 4.78 is 0. The summed E-state index contributed by atoms with van der Waals surface area (Å²) in [5, 5.41) is 26.9. The highest BCUT2D eigenvalue weighted by Crippen LogP contribution is 2.24. The molecule has 0 aromatic rings. The molecule has 1 fully saturated rings. The Kier molecular flexibility index (Phi) is 2.97. The highest BCUT2D eigenvalue weighted by Gasteiger charge is 2.27. The van der Waals surface area contributed by atoms with E-state index in [-0.39, 0.29) is 11.9 Å². The van der Waals surface area contributed by atoms with Gasteiger partial charge in [-0.25, -0.2) is 0 Å². The fourth-order valence-corrected chi connectivity index (χ4v) is 2.10. The number of hydrogen-bond donors (Lipinski definition) is 3. The van der Waals surface area contributed by atoms with Crippen molar-refractivity contribution in [2.45, 2.75) is 23.9 Å². The Morgan fingerprint density at radius 1 is 1.30 bits per heavy atom. The van der Waals surface area contributed by atoms with Gasteiger partial charge in [0.2, 0.25) is 0 Å². The molecule has 0 aliphatic carbocycles. The van der Waals surface area contributed by atoms with E-state index in [1.807, 2.05) is 0 Å². The maximum Gasteiger partial charge on any atom is 0.0889 e. The van der Waals surface area contributed by atoms with Gasteiger partial charge >= 0.3 is 0 Å². The summed E-state index contributed by atoms with van der Waals surface area (Å²) in [4.78, 5) is 0. The second-order valence-corrected chi connectivity index (χ2v) is 3.84. The molecule has 1 saturated heterocycles. The van der Waals surface area contributed by atoms with Gasteiger partial charge in [0.25, 0.3) is 0 Å². The topological polar surface area (TPSA) is 60.7 Å². The van der Waals surface area contributed by atoms with Crippen molar-refractivity contribution in [1.29, 1.82) is 0 Å². The van der Waals surface area contributed by atoms with Crippen molar-refractivity contribution in [2.75, 3.05) is 12.4 Å². The van der Waals surface area contributed by atoms with Crippen LogP contribution in [-0.2, 0) is 0 Å². The van der Waals surface area contributed by atoms with Crippen LogP contribution in [0.4, 0.5) is 0 Å². The van der Waals surface area contributed by atoms with Crippen LogP contribution < -0.4 is 0 Å². The van der Waals surface area contributed by atoms with Gasteiger partial charge in [-0.15, -0.1) is 0 Å². The second kappa shape index (κ2) is 3.57. The molecule has 0 aromatic carbocycles. The van der Waals surface area contributed by atoms with Crippen molar-refractivity contribution in [3.05, 3.63) is 0 Å². The normalized spacial score (nSPS) is 41.7. The Morgan fingerprint density at radius 2 is 2.00 bits per heavy atom. The smallest absolute Gasteiger partial charge is 0.0889 e. The largest absolute Gasteiger partial charge is 0.395 e. The molecule has 1 aliphatic rings. The monoisotopic (exact) mass is 164 g/mol. The van der Waals surface area contributed by atoms with Gasteiger partial charge in [0.1, 0.15) is 0 Å². The first kappa shape index (κ1) is 8.33. The molecule has 0 radical (unpaired) electrons. The van der Waals surface area contributed by atoms with Crippen molar-refractivity contribution in [3.63, 3.8) is 0 Å². The average Bonchev–Trinajstić information content (AvgIpc) is 1.95. The van der Waals surface area contributed by atoms with E-state index in [0.29, 0.717) is 12.2 Å². The predicted octanol–water partition coefficient (Wildman–Crippen LogP) is -0.794. The molecule has 1 heterocycles. The molecule has 0 unspecified atom stereocenters. The summed E-state index contributed by atoms with van der Waals surface area (Å²) in [6.07, 6.45) is -0.742. The molecule has 3 N–H and O–H groups in total. The number of thioether (sulfide) groups is 1. The molecule has 0 amide bonds.